The molecule has 0 aliphatic heterocycles. The van der Waals surface area contributed by atoms with Gasteiger partial charge in [-0.2, -0.15) is 16.8 Å². The first-order chi connectivity index (χ1) is 23.1. The fourth-order valence-corrected chi connectivity index (χ4v) is 7.55. The molecule has 2 aromatic carbocycles. The van der Waals surface area contributed by atoms with Gasteiger partial charge < -0.3 is 19.0 Å². The molecule has 0 heterocycles. The summed E-state index contributed by atoms with van der Waals surface area (Å²) < 4.78 is 61.1. The van der Waals surface area contributed by atoms with Crippen LogP contribution in [-0.2, 0) is 20.2 Å². The molecule has 0 radical (unpaired) electrons. The topological polar surface area (TPSA) is 128 Å². The number of benzene rings is 2. The molecule has 2 aromatic rings. The normalized spacial score (nSPS) is 11.7. The summed E-state index contributed by atoms with van der Waals surface area (Å²) >= 11 is 0. The zero-order valence-electron chi connectivity index (χ0n) is 29.3. The van der Waals surface area contributed by atoms with E-state index in [0.717, 1.165) is 38.5 Å². The fraction of sp³-hybridized carbons (Fsp3) is 0.649. The minimum atomic E-state index is -3.84. The third kappa shape index (κ3) is 19.9. The van der Waals surface area contributed by atoms with Crippen molar-refractivity contribution in [1.82, 2.24) is 0 Å². The molecule has 0 atom stereocenters. The van der Waals surface area contributed by atoms with Gasteiger partial charge in [-0.1, -0.05) is 148 Å². The lowest BCUT2D eigenvalue weighted by molar-refractivity contribution is 0.262. The second-order valence-corrected chi connectivity index (χ2v) is 16.0. The first kappa shape index (κ1) is 41.4. The molecule has 272 valence electrons. The third-order valence-corrected chi connectivity index (χ3v) is 10.6. The van der Waals surface area contributed by atoms with Crippen LogP contribution in [0, 0.1) is 0 Å². The molecule has 0 bridgehead atoms. The van der Waals surface area contributed by atoms with Gasteiger partial charge in [0.15, 0.2) is 5.75 Å². The summed E-state index contributed by atoms with van der Waals surface area (Å²) in [6, 6.07) is 11.8. The molecule has 0 aliphatic carbocycles. The molecule has 2 amide bonds. The van der Waals surface area contributed by atoms with Gasteiger partial charge in [0.25, 0.3) is 0 Å². The Bertz CT molecular complexity index is 1380. The first-order valence-corrected chi connectivity index (χ1v) is 21.4. The van der Waals surface area contributed by atoms with E-state index in [1.165, 1.54) is 95.2 Å². The molecular formula is C37H60N2O7S2. The number of amides is 2. The number of unbranched alkanes of at least 4 members (excludes halogenated alkanes) is 18. The minimum Gasteiger partial charge on any atom is -0.382 e. The van der Waals surface area contributed by atoms with Crippen LogP contribution >= 0.6 is 0 Å². The van der Waals surface area contributed by atoms with Gasteiger partial charge in [-0.15, -0.1) is 0 Å². The molecule has 0 aliphatic rings. The van der Waals surface area contributed by atoms with Crippen molar-refractivity contribution < 1.29 is 30.0 Å². The summed E-state index contributed by atoms with van der Waals surface area (Å²) in [5.41, 5.74) is 0.499. The second kappa shape index (κ2) is 24.4. The van der Waals surface area contributed by atoms with Gasteiger partial charge in [0.2, 0.25) is 0 Å². The van der Waals surface area contributed by atoms with Crippen LogP contribution in [0.1, 0.15) is 142 Å². The Labute approximate surface area is 291 Å². The van der Waals surface area contributed by atoms with Crippen LogP contribution in [0.3, 0.4) is 0 Å². The summed E-state index contributed by atoms with van der Waals surface area (Å²) in [5.74, 6) is -0.0454. The molecule has 0 fully saturated rings. The van der Waals surface area contributed by atoms with Gasteiger partial charge >= 0.3 is 26.3 Å². The van der Waals surface area contributed by atoms with E-state index in [9.17, 15) is 21.6 Å². The number of rotatable bonds is 28. The summed E-state index contributed by atoms with van der Waals surface area (Å²) in [7, 11) is -7.62. The van der Waals surface area contributed by atoms with E-state index in [0.29, 0.717) is 18.5 Å². The van der Waals surface area contributed by atoms with E-state index in [1.54, 1.807) is 30.3 Å². The SMILES string of the molecule is CCCCCCCCCCCCS(=O)(=O)Oc1cccc(NC(=O)Nc2ccccc2OS(=O)(=O)CCCCCCCCCCCC)c1. The van der Waals surface area contributed by atoms with E-state index in [2.05, 4.69) is 24.5 Å². The van der Waals surface area contributed by atoms with Crippen molar-refractivity contribution in [3.63, 3.8) is 0 Å². The lowest BCUT2D eigenvalue weighted by Crippen LogP contribution is -2.21. The Morgan fingerprint density at radius 2 is 1.00 bits per heavy atom. The highest BCUT2D eigenvalue weighted by Crippen LogP contribution is 2.27. The van der Waals surface area contributed by atoms with Crippen molar-refractivity contribution in [2.45, 2.75) is 142 Å². The van der Waals surface area contributed by atoms with Crippen molar-refractivity contribution in [3.8, 4) is 11.5 Å². The van der Waals surface area contributed by atoms with Crippen molar-refractivity contribution in [2.24, 2.45) is 0 Å². The largest absolute Gasteiger partial charge is 0.382 e. The van der Waals surface area contributed by atoms with Gasteiger partial charge in [-0.25, -0.2) is 4.79 Å². The molecule has 11 heteroatoms. The van der Waals surface area contributed by atoms with Crippen LogP contribution in [0.25, 0.3) is 0 Å². The van der Waals surface area contributed by atoms with Gasteiger partial charge in [-0.05, 0) is 37.1 Å². The molecule has 9 nitrogen and oxygen atoms in total. The van der Waals surface area contributed by atoms with Gasteiger partial charge in [0.1, 0.15) is 5.75 Å². The van der Waals surface area contributed by atoms with Gasteiger partial charge in [0, 0.05) is 11.8 Å². The van der Waals surface area contributed by atoms with E-state index in [4.69, 9.17) is 8.37 Å². The van der Waals surface area contributed by atoms with E-state index < -0.39 is 26.3 Å². The predicted molar refractivity (Wildman–Crippen MR) is 198 cm³/mol. The van der Waals surface area contributed by atoms with Crippen molar-refractivity contribution >= 4 is 37.6 Å². The number of hydrogen-bond acceptors (Lipinski definition) is 7. The highest BCUT2D eigenvalue weighted by Gasteiger charge is 2.17. The zero-order valence-corrected chi connectivity index (χ0v) is 31.0. The number of hydrogen-bond donors (Lipinski definition) is 2. The summed E-state index contributed by atoms with van der Waals surface area (Å²) in [6.45, 7) is 4.42. The zero-order chi connectivity index (χ0) is 34.9. The number of carbonyl (C=O) groups is 1. The Morgan fingerprint density at radius 3 is 1.52 bits per heavy atom. The van der Waals surface area contributed by atoms with E-state index >= 15 is 0 Å². The first-order valence-electron chi connectivity index (χ1n) is 18.3. The van der Waals surface area contributed by atoms with Crippen LogP contribution in [-0.4, -0.2) is 34.4 Å². The molecule has 2 N–H and O–H groups in total. The van der Waals surface area contributed by atoms with Crippen LogP contribution in [0.4, 0.5) is 16.2 Å². The summed E-state index contributed by atoms with van der Waals surface area (Å²) in [4.78, 5) is 12.8. The average Bonchev–Trinajstić information content (AvgIpc) is 3.03. The molecule has 0 unspecified atom stereocenters. The highest BCUT2D eigenvalue weighted by molar-refractivity contribution is 7.87. The number of nitrogens with one attached hydrogen (secondary N) is 2. The predicted octanol–water partition coefficient (Wildman–Crippen LogP) is 10.6. The lowest BCUT2D eigenvalue weighted by atomic mass is 10.1. The maximum absolute atomic E-state index is 12.8. The number of carbonyl (C=O) groups excluding carboxylic acids is 1. The summed E-state index contributed by atoms with van der Waals surface area (Å²) in [6.07, 6.45) is 22.0. The molecule has 0 saturated heterocycles. The van der Waals surface area contributed by atoms with Crippen LogP contribution in [0.5, 0.6) is 11.5 Å². The Kier molecular flexibility index (Phi) is 21.0. The lowest BCUT2D eigenvalue weighted by Gasteiger charge is -2.13. The maximum Gasteiger partial charge on any atom is 0.323 e. The Morgan fingerprint density at radius 1 is 0.542 bits per heavy atom. The molecule has 0 aromatic heterocycles. The molecule has 48 heavy (non-hydrogen) atoms. The molecule has 0 spiro atoms. The second-order valence-electron chi connectivity index (χ2n) is 12.7. The van der Waals surface area contributed by atoms with E-state index in [-0.39, 0.29) is 28.7 Å². The Hall–Kier alpha value is -2.79. The van der Waals surface area contributed by atoms with Crippen molar-refractivity contribution in [2.75, 3.05) is 22.1 Å². The third-order valence-electron chi connectivity index (χ3n) is 8.16. The number of para-hydroxylation sites is 2. The summed E-state index contributed by atoms with van der Waals surface area (Å²) in [5, 5.41) is 5.26. The maximum atomic E-state index is 12.8. The smallest absolute Gasteiger partial charge is 0.323 e. The standard InChI is InChI=1S/C37H60N2O7S2/c1-3-5-7-9-11-13-15-17-19-23-30-47(41,42)45-34-27-25-26-33(32-34)38-37(40)39-35-28-21-22-29-36(35)46-48(43,44)31-24-20-18-16-14-12-10-8-6-4-2/h21-22,25-29,32H,3-20,23-24,30-31H2,1-2H3,(H2,38,39,40). The molecular weight excluding hydrogens is 649 g/mol. The van der Waals surface area contributed by atoms with Crippen molar-refractivity contribution in [1.29, 1.82) is 0 Å². The van der Waals surface area contributed by atoms with Gasteiger partial charge in [-0.3, -0.25) is 0 Å². The van der Waals surface area contributed by atoms with Gasteiger partial charge in [0.05, 0.1) is 17.2 Å². The van der Waals surface area contributed by atoms with Crippen LogP contribution < -0.4 is 19.0 Å². The van der Waals surface area contributed by atoms with Crippen LogP contribution in [0.2, 0.25) is 0 Å². The molecule has 2 rings (SSSR count). The van der Waals surface area contributed by atoms with E-state index in [1.807, 2.05) is 0 Å². The fourth-order valence-electron chi connectivity index (χ4n) is 5.45. The number of urea groups is 1. The van der Waals surface area contributed by atoms with Crippen molar-refractivity contribution in [3.05, 3.63) is 48.5 Å². The quantitative estimate of drug-likeness (QED) is 0.0665. The van der Waals surface area contributed by atoms with Crippen LogP contribution in [0.15, 0.2) is 48.5 Å². The minimum absolute atomic E-state index is 0.0230. The monoisotopic (exact) mass is 708 g/mol. The molecule has 0 saturated carbocycles. The highest BCUT2D eigenvalue weighted by atomic mass is 32.2. The number of anilines is 2. The Balaban J connectivity index is 1.75. The average molecular weight is 709 g/mol.